The van der Waals surface area contributed by atoms with Gasteiger partial charge in [-0.2, -0.15) is 23.5 Å². The largest absolute Gasteiger partial charge is 0.507 e. The average Bonchev–Trinajstić information content (AvgIpc) is 2.88. The van der Waals surface area contributed by atoms with E-state index in [0.29, 0.717) is 33.8 Å². The number of hydrogen-bond acceptors (Lipinski definition) is 6. The first-order valence-electron chi connectivity index (χ1n) is 14.7. The van der Waals surface area contributed by atoms with E-state index in [1.165, 1.54) is 0 Å². The molecule has 2 aromatic carbocycles. The average molecular weight is 579 g/mol. The van der Waals surface area contributed by atoms with Crippen LogP contribution < -0.4 is 0 Å². The summed E-state index contributed by atoms with van der Waals surface area (Å²) in [5.41, 5.74) is 4.17. The highest BCUT2D eigenvalue weighted by molar-refractivity contribution is 8.00. The second-order valence-corrected chi connectivity index (χ2v) is 13.7. The fourth-order valence-corrected chi connectivity index (χ4v) is 6.73. The van der Waals surface area contributed by atoms with Crippen LogP contribution in [0, 0.1) is 11.8 Å². The first-order chi connectivity index (χ1) is 18.5. The van der Waals surface area contributed by atoms with E-state index < -0.39 is 0 Å². The topological polar surface area (TPSA) is 80.9 Å². The molecule has 0 radical (unpaired) electrons. The highest BCUT2D eigenvalue weighted by atomic mass is 32.2. The van der Waals surface area contributed by atoms with Crippen molar-refractivity contribution in [3.8, 4) is 11.5 Å². The molecule has 2 rings (SSSR count). The zero-order chi connectivity index (χ0) is 29.4. The number of aryl methyl sites for hydroxylation is 2. The lowest BCUT2D eigenvalue weighted by molar-refractivity contribution is 0.220. The van der Waals surface area contributed by atoms with E-state index in [0.717, 1.165) is 72.3 Å². The summed E-state index contributed by atoms with van der Waals surface area (Å²) in [6.45, 7) is 15.1. The van der Waals surface area contributed by atoms with Crippen LogP contribution >= 0.6 is 23.5 Å². The monoisotopic (exact) mass is 578 g/mol. The van der Waals surface area contributed by atoms with Crippen LogP contribution in [0.1, 0.15) is 83.6 Å². The number of rotatable bonds is 16. The van der Waals surface area contributed by atoms with Gasteiger partial charge in [0.2, 0.25) is 0 Å². The molecule has 0 aliphatic carbocycles. The molecule has 0 fully saturated rings. The molecule has 0 aromatic heterocycles. The summed E-state index contributed by atoms with van der Waals surface area (Å²) in [6.07, 6.45) is 5.39. The second kappa shape index (κ2) is 19.7. The number of aliphatic hydroxyl groups is 2. The molecule has 0 heterocycles. The minimum atomic E-state index is -0.277. The van der Waals surface area contributed by atoms with Crippen molar-refractivity contribution in [3.05, 3.63) is 58.7 Å². The van der Waals surface area contributed by atoms with E-state index in [-0.39, 0.29) is 12.7 Å². The highest BCUT2D eigenvalue weighted by Gasteiger charge is 2.19. The predicted octanol–water partition coefficient (Wildman–Crippen LogP) is 7.66. The first-order valence-corrected chi connectivity index (χ1v) is 16.8. The Hall–Kier alpha value is -1.34. The number of aliphatic hydroxyl groups excluding tert-OH is 2. The van der Waals surface area contributed by atoms with Crippen molar-refractivity contribution in [3.63, 3.8) is 0 Å². The van der Waals surface area contributed by atoms with Gasteiger partial charge in [0.15, 0.2) is 0 Å². The number of aromatic hydroxyl groups is 2. The molecular formula is C33H54O4S2. The van der Waals surface area contributed by atoms with E-state index in [4.69, 9.17) is 5.11 Å². The summed E-state index contributed by atoms with van der Waals surface area (Å²) in [5.74, 6) is 3.51. The van der Waals surface area contributed by atoms with Crippen molar-refractivity contribution in [1.82, 2.24) is 0 Å². The van der Waals surface area contributed by atoms with Crippen molar-refractivity contribution >= 4 is 23.5 Å². The van der Waals surface area contributed by atoms with Crippen molar-refractivity contribution in [2.24, 2.45) is 11.8 Å². The molecule has 0 amide bonds. The van der Waals surface area contributed by atoms with E-state index in [1.807, 2.05) is 43.3 Å². The van der Waals surface area contributed by atoms with E-state index in [9.17, 15) is 15.3 Å². The molecule has 3 atom stereocenters. The minimum Gasteiger partial charge on any atom is -0.507 e. The Labute approximate surface area is 247 Å². The number of benzene rings is 2. The van der Waals surface area contributed by atoms with E-state index >= 15 is 0 Å². The van der Waals surface area contributed by atoms with Gasteiger partial charge in [0.1, 0.15) is 11.5 Å². The molecule has 4 nitrogen and oxygen atoms in total. The Balaban J connectivity index is 0.000000391. The van der Waals surface area contributed by atoms with Gasteiger partial charge in [-0.3, -0.25) is 0 Å². The van der Waals surface area contributed by atoms with Crippen molar-refractivity contribution in [1.29, 1.82) is 0 Å². The Morgan fingerprint density at radius 2 is 1.08 bits per heavy atom. The van der Waals surface area contributed by atoms with Crippen LogP contribution in [0.3, 0.4) is 0 Å². The molecular weight excluding hydrogens is 524 g/mol. The zero-order valence-corrected chi connectivity index (χ0v) is 27.0. The third kappa shape index (κ3) is 13.2. The Morgan fingerprint density at radius 3 is 1.44 bits per heavy atom. The number of phenolic OH excluding ortho intramolecular Hbond substituents is 2. The molecule has 3 unspecified atom stereocenters. The molecule has 0 spiro atoms. The predicted molar refractivity (Wildman–Crippen MR) is 173 cm³/mol. The Bertz CT molecular complexity index is 930. The summed E-state index contributed by atoms with van der Waals surface area (Å²) in [4.78, 5) is 0. The normalized spacial score (nSPS) is 13.7. The van der Waals surface area contributed by atoms with Crippen LogP contribution in [0.25, 0.3) is 0 Å². The van der Waals surface area contributed by atoms with Gasteiger partial charge >= 0.3 is 0 Å². The molecule has 6 heteroatoms. The van der Waals surface area contributed by atoms with Gasteiger partial charge in [-0.1, -0.05) is 90.8 Å². The summed E-state index contributed by atoms with van der Waals surface area (Å²) < 4.78 is 0. The van der Waals surface area contributed by atoms with E-state index in [1.54, 1.807) is 23.5 Å². The Kier molecular flexibility index (Phi) is 18.0. The lowest BCUT2D eigenvalue weighted by atomic mass is 9.98. The Morgan fingerprint density at radius 1 is 0.667 bits per heavy atom. The smallest absolute Gasteiger partial charge is 0.121 e. The summed E-state index contributed by atoms with van der Waals surface area (Å²) in [6, 6.07) is 12.1. The maximum Gasteiger partial charge on any atom is 0.121 e. The lowest BCUT2D eigenvalue weighted by Gasteiger charge is -2.22. The molecule has 39 heavy (non-hydrogen) atoms. The molecule has 0 saturated heterocycles. The number of thioether (sulfide) groups is 2. The molecule has 0 aliphatic heterocycles. The second-order valence-electron chi connectivity index (χ2n) is 11.1. The quantitative estimate of drug-likeness (QED) is 0.164. The van der Waals surface area contributed by atoms with Crippen LogP contribution in [0.5, 0.6) is 11.5 Å². The maximum atomic E-state index is 10.4. The van der Waals surface area contributed by atoms with Crippen molar-refractivity contribution in [2.75, 3.05) is 18.1 Å². The number of para-hydroxylation sites is 2. The molecule has 2 aromatic rings. The van der Waals surface area contributed by atoms with Crippen LogP contribution in [-0.2, 0) is 25.7 Å². The van der Waals surface area contributed by atoms with Gasteiger partial charge in [0.25, 0.3) is 0 Å². The highest BCUT2D eigenvalue weighted by Crippen LogP contribution is 2.31. The van der Waals surface area contributed by atoms with Crippen LogP contribution in [-0.4, -0.2) is 55.1 Å². The standard InChI is InChI=1S/C17H28O2S.C16H26O2S/c1-5-7-14-8-6-9-15(17(14)19)10-16(12(2)3)20-11-13(4)18;1-4-6-13-7-5-8-14(16(13)18)11-15(12(2)3)19-10-9-17/h6,8-9,12-13,16,18-19H,5,7,10-11H2,1-4H3;5,7-8,12,15,17-18H,4,6,9-11H2,1-3H3. The lowest BCUT2D eigenvalue weighted by Crippen LogP contribution is -2.18. The first kappa shape index (κ1) is 35.7. The fourth-order valence-electron chi connectivity index (χ4n) is 4.44. The van der Waals surface area contributed by atoms with Crippen LogP contribution in [0.4, 0.5) is 0 Å². The molecule has 4 N–H and O–H groups in total. The van der Waals surface area contributed by atoms with Crippen molar-refractivity contribution in [2.45, 2.75) is 104 Å². The summed E-state index contributed by atoms with van der Waals surface area (Å²) in [7, 11) is 0. The zero-order valence-electron chi connectivity index (χ0n) is 25.3. The fraction of sp³-hybridized carbons (Fsp3) is 0.636. The third-order valence-electron chi connectivity index (χ3n) is 6.75. The maximum absolute atomic E-state index is 10.4. The van der Waals surface area contributed by atoms with Crippen molar-refractivity contribution < 1.29 is 20.4 Å². The number of phenols is 2. The van der Waals surface area contributed by atoms with Gasteiger partial charge < -0.3 is 20.4 Å². The third-order valence-corrected chi connectivity index (χ3v) is 10.1. The van der Waals surface area contributed by atoms with Crippen LogP contribution in [0.2, 0.25) is 0 Å². The van der Waals surface area contributed by atoms with Crippen LogP contribution in [0.15, 0.2) is 36.4 Å². The summed E-state index contributed by atoms with van der Waals surface area (Å²) >= 11 is 3.59. The van der Waals surface area contributed by atoms with Gasteiger partial charge in [0.05, 0.1) is 12.7 Å². The summed E-state index contributed by atoms with van der Waals surface area (Å²) in [5, 5.41) is 40.0. The van der Waals surface area contributed by atoms with Gasteiger partial charge in [-0.25, -0.2) is 0 Å². The van der Waals surface area contributed by atoms with Gasteiger partial charge in [-0.15, -0.1) is 0 Å². The molecule has 222 valence electrons. The molecule has 0 aliphatic rings. The van der Waals surface area contributed by atoms with E-state index in [2.05, 4.69) is 41.5 Å². The molecule has 0 saturated carbocycles. The molecule has 0 bridgehead atoms. The van der Waals surface area contributed by atoms with Gasteiger partial charge in [0, 0.05) is 22.0 Å². The SMILES string of the molecule is CCCc1cccc(CC(SCC(C)O)C(C)C)c1O.CCCc1cccc(CC(SCCO)C(C)C)c1O. The van der Waals surface area contributed by atoms with Gasteiger partial charge in [-0.05, 0) is 66.7 Å². The minimum absolute atomic E-state index is 0.218. The number of hydrogen-bond donors (Lipinski definition) is 4.